The van der Waals surface area contributed by atoms with E-state index in [0.29, 0.717) is 11.8 Å². The molecule has 68 valence electrons. The predicted molar refractivity (Wildman–Crippen MR) is 46.0 cm³/mol. The molecule has 0 spiro atoms. The standard InChI is InChI=1S/C6H9N3O.C2H6/c1-4-8-9-6(10-4)5-2-7-3-5;1-2/h5,7H,2-3H2,1H3;1-2H3. The summed E-state index contributed by atoms with van der Waals surface area (Å²) in [6.45, 7) is 7.76. The zero-order valence-corrected chi connectivity index (χ0v) is 7.79. The molecule has 1 N–H and O–H groups in total. The van der Waals surface area contributed by atoms with Crippen LogP contribution >= 0.6 is 0 Å². The summed E-state index contributed by atoms with van der Waals surface area (Å²) in [6.07, 6.45) is 0. The van der Waals surface area contributed by atoms with Gasteiger partial charge in [-0.2, -0.15) is 0 Å². The first-order valence-electron chi connectivity index (χ1n) is 4.37. The minimum absolute atomic E-state index is 0.459. The van der Waals surface area contributed by atoms with Crippen molar-refractivity contribution in [1.82, 2.24) is 15.5 Å². The van der Waals surface area contributed by atoms with E-state index >= 15 is 0 Å². The number of nitrogens with one attached hydrogen (secondary N) is 1. The van der Waals surface area contributed by atoms with E-state index in [1.54, 1.807) is 0 Å². The Bertz CT molecular complexity index is 230. The van der Waals surface area contributed by atoms with Crippen molar-refractivity contribution < 1.29 is 4.42 Å². The van der Waals surface area contributed by atoms with E-state index in [-0.39, 0.29) is 0 Å². The number of hydrogen-bond donors (Lipinski definition) is 1. The van der Waals surface area contributed by atoms with Crippen molar-refractivity contribution >= 4 is 0 Å². The summed E-state index contributed by atoms with van der Waals surface area (Å²) >= 11 is 0. The zero-order chi connectivity index (χ0) is 8.97. The van der Waals surface area contributed by atoms with Crippen molar-refractivity contribution in [1.29, 1.82) is 0 Å². The smallest absolute Gasteiger partial charge is 0.222 e. The normalized spacial score (nSPS) is 16.2. The fourth-order valence-corrected chi connectivity index (χ4v) is 0.940. The van der Waals surface area contributed by atoms with Crippen LogP contribution in [0.25, 0.3) is 0 Å². The minimum atomic E-state index is 0.459. The first-order chi connectivity index (χ1) is 5.86. The molecule has 0 saturated carbocycles. The lowest BCUT2D eigenvalue weighted by molar-refractivity contribution is 0.350. The van der Waals surface area contributed by atoms with E-state index in [4.69, 9.17) is 4.42 Å². The number of aryl methyl sites for hydroxylation is 1. The molecule has 0 aromatic carbocycles. The van der Waals surface area contributed by atoms with E-state index in [0.717, 1.165) is 19.0 Å². The Kier molecular flexibility index (Phi) is 3.22. The van der Waals surface area contributed by atoms with Gasteiger partial charge in [0.1, 0.15) is 0 Å². The lowest BCUT2D eigenvalue weighted by atomic mass is 10.0. The van der Waals surface area contributed by atoms with Crippen molar-refractivity contribution in [2.45, 2.75) is 26.7 Å². The lowest BCUT2D eigenvalue weighted by Crippen LogP contribution is -2.40. The summed E-state index contributed by atoms with van der Waals surface area (Å²) in [5, 5.41) is 10.8. The molecule has 1 saturated heterocycles. The Morgan fingerprint density at radius 3 is 2.33 bits per heavy atom. The third kappa shape index (κ3) is 1.82. The van der Waals surface area contributed by atoms with Gasteiger partial charge in [0.05, 0.1) is 5.92 Å². The molecule has 0 radical (unpaired) electrons. The quantitative estimate of drug-likeness (QED) is 0.683. The Balaban J connectivity index is 0.000000336. The summed E-state index contributed by atoms with van der Waals surface area (Å²) in [5.74, 6) is 1.89. The molecule has 0 bridgehead atoms. The van der Waals surface area contributed by atoms with Crippen molar-refractivity contribution in [2.75, 3.05) is 13.1 Å². The third-order valence-corrected chi connectivity index (χ3v) is 1.67. The number of aromatic nitrogens is 2. The van der Waals surface area contributed by atoms with Gasteiger partial charge in [0.25, 0.3) is 0 Å². The van der Waals surface area contributed by atoms with E-state index in [1.807, 2.05) is 20.8 Å². The van der Waals surface area contributed by atoms with Gasteiger partial charge < -0.3 is 9.73 Å². The van der Waals surface area contributed by atoms with Crippen LogP contribution < -0.4 is 5.32 Å². The topological polar surface area (TPSA) is 51.0 Å². The molecule has 0 aliphatic carbocycles. The maximum atomic E-state index is 5.23. The number of hydrogen-bond acceptors (Lipinski definition) is 4. The van der Waals surface area contributed by atoms with Crippen LogP contribution in [0, 0.1) is 6.92 Å². The Hall–Kier alpha value is -0.900. The molecular formula is C8H15N3O. The van der Waals surface area contributed by atoms with Gasteiger partial charge in [0.15, 0.2) is 0 Å². The van der Waals surface area contributed by atoms with Crippen LogP contribution in [0.1, 0.15) is 31.5 Å². The molecule has 1 fully saturated rings. The van der Waals surface area contributed by atoms with Crippen LogP contribution in [0.5, 0.6) is 0 Å². The van der Waals surface area contributed by atoms with Crippen LogP contribution in [0.4, 0.5) is 0 Å². The molecule has 0 amide bonds. The highest BCUT2D eigenvalue weighted by Crippen LogP contribution is 2.17. The van der Waals surface area contributed by atoms with Crippen molar-refractivity contribution in [3.8, 4) is 0 Å². The largest absolute Gasteiger partial charge is 0.425 e. The monoisotopic (exact) mass is 169 g/mol. The van der Waals surface area contributed by atoms with Gasteiger partial charge in [-0.3, -0.25) is 0 Å². The van der Waals surface area contributed by atoms with Crippen LogP contribution in [-0.2, 0) is 0 Å². The lowest BCUT2D eigenvalue weighted by Gasteiger charge is -2.22. The van der Waals surface area contributed by atoms with Gasteiger partial charge >= 0.3 is 0 Å². The van der Waals surface area contributed by atoms with Crippen LogP contribution in [0.3, 0.4) is 0 Å². The summed E-state index contributed by atoms with van der Waals surface area (Å²) in [6, 6.07) is 0. The summed E-state index contributed by atoms with van der Waals surface area (Å²) in [5.41, 5.74) is 0. The fourth-order valence-electron chi connectivity index (χ4n) is 0.940. The molecule has 2 rings (SSSR count). The van der Waals surface area contributed by atoms with Crippen LogP contribution in [0.2, 0.25) is 0 Å². The fraction of sp³-hybridized carbons (Fsp3) is 0.750. The maximum Gasteiger partial charge on any atom is 0.222 e. The first kappa shape index (κ1) is 9.19. The average molecular weight is 169 g/mol. The maximum absolute atomic E-state index is 5.23. The van der Waals surface area contributed by atoms with Crippen LogP contribution in [0.15, 0.2) is 4.42 Å². The highest BCUT2D eigenvalue weighted by molar-refractivity contribution is 4.98. The average Bonchev–Trinajstić information content (AvgIpc) is 2.37. The molecule has 4 nitrogen and oxygen atoms in total. The minimum Gasteiger partial charge on any atom is -0.425 e. The Morgan fingerprint density at radius 2 is 2.00 bits per heavy atom. The molecule has 1 aliphatic rings. The summed E-state index contributed by atoms with van der Waals surface area (Å²) < 4.78 is 5.23. The van der Waals surface area contributed by atoms with Crippen molar-refractivity contribution in [2.24, 2.45) is 0 Å². The second-order valence-corrected chi connectivity index (χ2v) is 2.51. The van der Waals surface area contributed by atoms with Gasteiger partial charge in [0, 0.05) is 20.0 Å². The van der Waals surface area contributed by atoms with Gasteiger partial charge in [-0.05, 0) is 0 Å². The van der Waals surface area contributed by atoms with E-state index < -0.39 is 0 Å². The molecule has 12 heavy (non-hydrogen) atoms. The molecule has 1 aliphatic heterocycles. The Labute approximate surface area is 72.4 Å². The van der Waals surface area contributed by atoms with Gasteiger partial charge in [-0.25, -0.2) is 0 Å². The van der Waals surface area contributed by atoms with Crippen LogP contribution in [-0.4, -0.2) is 23.3 Å². The molecule has 0 atom stereocenters. The summed E-state index contributed by atoms with van der Waals surface area (Å²) in [7, 11) is 0. The molecule has 2 heterocycles. The highest BCUT2D eigenvalue weighted by Gasteiger charge is 2.23. The predicted octanol–water partition coefficient (Wildman–Crippen LogP) is 1.09. The molecule has 1 aromatic heterocycles. The van der Waals surface area contributed by atoms with Gasteiger partial charge in [0.2, 0.25) is 11.8 Å². The second kappa shape index (κ2) is 4.21. The molecule has 1 aromatic rings. The SMILES string of the molecule is CC.Cc1nnc(C2CNC2)o1. The van der Waals surface area contributed by atoms with E-state index in [1.165, 1.54) is 0 Å². The molecular weight excluding hydrogens is 154 g/mol. The van der Waals surface area contributed by atoms with Gasteiger partial charge in [-0.15, -0.1) is 10.2 Å². The van der Waals surface area contributed by atoms with E-state index in [9.17, 15) is 0 Å². The zero-order valence-electron chi connectivity index (χ0n) is 7.79. The number of nitrogens with zero attached hydrogens (tertiary/aromatic N) is 2. The number of rotatable bonds is 1. The van der Waals surface area contributed by atoms with Crippen molar-refractivity contribution in [3.05, 3.63) is 11.8 Å². The molecule has 4 heteroatoms. The highest BCUT2D eigenvalue weighted by atomic mass is 16.4. The van der Waals surface area contributed by atoms with Crippen molar-refractivity contribution in [3.63, 3.8) is 0 Å². The second-order valence-electron chi connectivity index (χ2n) is 2.51. The molecule has 0 unspecified atom stereocenters. The third-order valence-electron chi connectivity index (χ3n) is 1.67. The van der Waals surface area contributed by atoms with E-state index in [2.05, 4.69) is 15.5 Å². The summed E-state index contributed by atoms with van der Waals surface area (Å²) in [4.78, 5) is 0. The van der Waals surface area contributed by atoms with Gasteiger partial charge in [-0.1, -0.05) is 13.8 Å². The Morgan fingerprint density at radius 1 is 1.33 bits per heavy atom. The first-order valence-corrected chi connectivity index (χ1v) is 4.37.